The molecule has 0 amide bonds. The lowest BCUT2D eigenvalue weighted by Crippen LogP contribution is -2.13. The van der Waals surface area contributed by atoms with Gasteiger partial charge in [0.15, 0.2) is 0 Å². The van der Waals surface area contributed by atoms with Gasteiger partial charge in [-0.2, -0.15) is 5.10 Å². The molecule has 0 saturated heterocycles. The molecular weight excluding hydrogens is 500 g/mol. The molecule has 184 valence electrons. The van der Waals surface area contributed by atoms with Gasteiger partial charge in [-0.05, 0) is 30.3 Å². The monoisotopic (exact) mass is 520 g/mol. The molecule has 0 saturated carbocycles. The number of ether oxygens (including phenoxy) is 3. The molecule has 3 aromatic rings. The van der Waals surface area contributed by atoms with Crippen molar-refractivity contribution in [2.75, 3.05) is 31.5 Å². The Bertz CT molecular complexity index is 1350. The third kappa shape index (κ3) is 6.11. The van der Waals surface area contributed by atoms with E-state index in [1.165, 1.54) is 51.8 Å². The molecule has 3 aromatic carbocycles. The minimum absolute atomic E-state index is 0.0283. The Labute approximate surface area is 206 Å². The van der Waals surface area contributed by atoms with Crippen LogP contribution in [0.25, 0.3) is 0 Å². The normalized spacial score (nSPS) is 11.2. The van der Waals surface area contributed by atoms with E-state index in [0.717, 1.165) is 6.07 Å². The maximum Gasteiger partial charge on any atom is 0.295 e. The first-order chi connectivity index (χ1) is 16.7. The number of nitro benzene ring substituents is 1. The summed E-state index contributed by atoms with van der Waals surface area (Å²) in [5.74, 6) is 1.30. The van der Waals surface area contributed by atoms with Gasteiger partial charge in [0, 0.05) is 23.2 Å². The molecule has 0 fully saturated rings. The van der Waals surface area contributed by atoms with E-state index in [2.05, 4.69) is 15.2 Å². The molecule has 0 atom stereocenters. The summed E-state index contributed by atoms with van der Waals surface area (Å²) in [6, 6.07) is 12.7. The molecule has 0 aliphatic heterocycles. The van der Waals surface area contributed by atoms with Crippen LogP contribution in [0.1, 0.15) is 5.56 Å². The second kappa shape index (κ2) is 10.9. The zero-order valence-electron chi connectivity index (χ0n) is 18.8. The third-order valence-corrected chi connectivity index (χ3v) is 6.30. The van der Waals surface area contributed by atoms with Crippen molar-refractivity contribution in [3.8, 4) is 17.2 Å². The summed E-state index contributed by atoms with van der Waals surface area (Å²) in [4.78, 5) is 10.6. The van der Waals surface area contributed by atoms with E-state index in [-0.39, 0.29) is 16.3 Å². The number of hydrogen-bond acceptors (Lipinski definition) is 9. The number of nitrogens with zero attached hydrogens (tertiary/aromatic N) is 2. The van der Waals surface area contributed by atoms with Crippen LogP contribution in [0.15, 0.2) is 64.6 Å². The van der Waals surface area contributed by atoms with Crippen LogP contribution in [0.5, 0.6) is 17.2 Å². The molecular formula is C22H21ClN4O7S. The van der Waals surface area contributed by atoms with Gasteiger partial charge in [-0.1, -0.05) is 17.7 Å². The average molecular weight is 521 g/mol. The summed E-state index contributed by atoms with van der Waals surface area (Å²) in [7, 11) is 0.299. The smallest absolute Gasteiger partial charge is 0.295 e. The van der Waals surface area contributed by atoms with Gasteiger partial charge < -0.3 is 14.2 Å². The fraction of sp³-hybridized carbons (Fsp3) is 0.136. The highest BCUT2D eigenvalue weighted by atomic mass is 35.5. The molecule has 0 heterocycles. The van der Waals surface area contributed by atoms with Crippen LogP contribution < -0.4 is 24.4 Å². The molecule has 0 unspecified atom stereocenters. The van der Waals surface area contributed by atoms with Crippen molar-refractivity contribution in [3.63, 3.8) is 0 Å². The molecule has 0 aromatic heterocycles. The van der Waals surface area contributed by atoms with Crippen LogP contribution in [-0.4, -0.2) is 40.9 Å². The van der Waals surface area contributed by atoms with Crippen molar-refractivity contribution in [1.82, 2.24) is 0 Å². The first-order valence-corrected chi connectivity index (χ1v) is 11.7. The van der Waals surface area contributed by atoms with E-state index >= 15 is 0 Å². The van der Waals surface area contributed by atoms with E-state index in [4.69, 9.17) is 25.8 Å². The van der Waals surface area contributed by atoms with Crippen molar-refractivity contribution in [2.24, 2.45) is 5.10 Å². The number of halogens is 1. The maximum absolute atomic E-state index is 12.7. The van der Waals surface area contributed by atoms with Crippen molar-refractivity contribution in [3.05, 3.63) is 75.3 Å². The minimum Gasteiger partial charge on any atom is -0.496 e. The molecule has 0 spiro atoms. The first kappa shape index (κ1) is 25.6. The SMILES string of the molecule is COc1cc(OC)c(/C=N/Nc2ccc(S(=O)(=O)Nc3cccc(Cl)c3)cc2[N+](=O)[O-])c(OC)c1. The van der Waals surface area contributed by atoms with Gasteiger partial charge >= 0.3 is 0 Å². The highest BCUT2D eigenvalue weighted by Gasteiger charge is 2.22. The molecule has 0 aliphatic carbocycles. The van der Waals surface area contributed by atoms with Crippen LogP contribution in [0.2, 0.25) is 5.02 Å². The summed E-state index contributed by atoms with van der Waals surface area (Å²) in [5, 5.41) is 16.0. The van der Waals surface area contributed by atoms with E-state index in [1.807, 2.05) is 0 Å². The topological polar surface area (TPSA) is 141 Å². The van der Waals surface area contributed by atoms with Crippen LogP contribution in [-0.2, 0) is 10.0 Å². The Morgan fingerprint density at radius 1 is 1.00 bits per heavy atom. The number of methoxy groups -OCH3 is 3. The molecule has 2 N–H and O–H groups in total. The molecule has 11 nitrogen and oxygen atoms in total. The van der Waals surface area contributed by atoms with E-state index < -0.39 is 20.6 Å². The number of hydrogen-bond donors (Lipinski definition) is 2. The van der Waals surface area contributed by atoms with Crippen LogP contribution in [0, 0.1) is 10.1 Å². The van der Waals surface area contributed by atoms with E-state index in [1.54, 1.807) is 24.3 Å². The molecule has 0 radical (unpaired) electrons. The zero-order valence-corrected chi connectivity index (χ0v) is 20.4. The largest absolute Gasteiger partial charge is 0.496 e. The summed E-state index contributed by atoms with van der Waals surface area (Å²) in [6.07, 6.45) is 1.35. The number of benzene rings is 3. The second-order valence-corrected chi connectivity index (χ2v) is 8.99. The number of rotatable bonds is 10. The number of nitrogens with one attached hydrogen (secondary N) is 2. The predicted octanol–water partition coefficient (Wildman–Crippen LogP) is 4.52. The highest BCUT2D eigenvalue weighted by Crippen LogP contribution is 2.33. The van der Waals surface area contributed by atoms with Gasteiger partial charge in [0.25, 0.3) is 15.7 Å². The van der Waals surface area contributed by atoms with Crippen LogP contribution in [0.3, 0.4) is 0 Å². The Morgan fingerprint density at radius 3 is 2.26 bits per heavy atom. The molecule has 35 heavy (non-hydrogen) atoms. The average Bonchev–Trinajstić information content (AvgIpc) is 2.83. The van der Waals surface area contributed by atoms with Crippen molar-refractivity contribution >= 4 is 44.9 Å². The number of hydrazone groups is 1. The molecule has 13 heteroatoms. The van der Waals surface area contributed by atoms with Gasteiger partial charge in [-0.3, -0.25) is 20.3 Å². The molecule has 0 bridgehead atoms. The Balaban J connectivity index is 1.89. The first-order valence-electron chi connectivity index (χ1n) is 9.84. The van der Waals surface area contributed by atoms with Gasteiger partial charge in [0.2, 0.25) is 0 Å². The Kier molecular flexibility index (Phi) is 7.99. The summed E-state index contributed by atoms with van der Waals surface area (Å²) >= 11 is 5.89. The van der Waals surface area contributed by atoms with E-state index in [0.29, 0.717) is 27.8 Å². The standard InChI is InChI=1S/C22H21ClN4O7S/c1-32-16-10-21(33-2)18(22(11-16)34-3)13-24-25-19-8-7-17(12-20(19)27(28)29)35(30,31)26-15-6-4-5-14(23)9-15/h4-13,25-26H,1-3H3/b24-13+. The van der Waals surface area contributed by atoms with Crippen molar-refractivity contribution in [2.45, 2.75) is 4.90 Å². The van der Waals surface area contributed by atoms with Gasteiger partial charge in [0.1, 0.15) is 22.9 Å². The lowest BCUT2D eigenvalue weighted by atomic mass is 10.2. The Hall–Kier alpha value is -4.03. The zero-order chi connectivity index (χ0) is 25.6. The maximum atomic E-state index is 12.7. The predicted molar refractivity (Wildman–Crippen MR) is 133 cm³/mol. The van der Waals surface area contributed by atoms with Crippen LogP contribution in [0.4, 0.5) is 17.1 Å². The summed E-state index contributed by atoms with van der Waals surface area (Å²) in [5.41, 5.74) is 2.71. The lowest BCUT2D eigenvalue weighted by molar-refractivity contribution is -0.384. The number of sulfonamides is 1. The number of nitro groups is 1. The molecule has 0 aliphatic rings. The van der Waals surface area contributed by atoms with Crippen LogP contribution >= 0.6 is 11.6 Å². The van der Waals surface area contributed by atoms with Gasteiger partial charge in [0.05, 0.1) is 48.6 Å². The number of anilines is 2. The second-order valence-electron chi connectivity index (χ2n) is 6.87. The fourth-order valence-corrected chi connectivity index (χ4v) is 4.28. The van der Waals surface area contributed by atoms with Crippen molar-refractivity contribution in [1.29, 1.82) is 0 Å². The van der Waals surface area contributed by atoms with Gasteiger partial charge in [-0.25, -0.2) is 8.42 Å². The minimum atomic E-state index is -4.12. The summed E-state index contributed by atoms with van der Waals surface area (Å²) in [6.45, 7) is 0. The quantitative estimate of drug-likeness (QED) is 0.226. The summed E-state index contributed by atoms with van der Waals surface area (Å²) < 4.78 is 43.7. The van der Waals surface area contributed by atoms with Crippen molar-refractivity contribution < 1.29 is 27.6 Å². The van der Waals surface area contributed by atoms with Gasteiger partial charge in [-0.15, -0.1) is 0 Å². The molecule has 3 rings (SSSR count). The third-order valence-electron chi connectivity index (χ3n) is 4.68. The lowest BCUT2D eigenvalue weighted by Gasteiger charge is -2.12. The fourth-order valence-electron chi connectivity index (χ4n) is 3.02. The highest BCUT2D eigenvalue weighted by molar-refractivity contribution is 7.92. The Morgan fingerprint density at radius 2 is 1.69 bits per heavy atom. The van der Waals surface area contributed by atoms with E-state index in [9.17, 15) is 18.5 Å².